The maximum Gasteiger partial charge on any atom is 0.410 e. The second-order valence-electron chi connectivity index (χ2n) is 15.3. The van der Waals surface area contributed by atoms with Gasteiger partial charge in [0.15, 0.2) is 0 Å². The minimum Gasteiger partial charge on any atom is -0.461 e. The standard InChI is InChI=1S/C41H46ClN7O5/c1-40(2,3)54-38(50)46(4)41(18-19-41)27-53-37-44-33-25-47(34-15-9-13-29-12-8-14-32(42)35(29)34)21-17-31(33)36(45-37)48-22-23-49(30(24-48)16-20-43)39(51)52-26-28-10-6-5-7-11-28/h5-15,30H,16-19,21-27H2,1-4H3/t30-/m0/s1. The number of halogens is 1. The minimum atomic E-state index is -0.620. The molecule has 0 radical (unpaired) electrons. The molecule has 3 aliphatic rings. The lowest BCUT2D eigenvalue weighted by atomic mass is 10.0. The Balaban J connectivity index is 1.16. The summed E-state index contributed by atoms with van der Waals surface area (Å²) in [5.41, 5.74) is 2.62. The second-order valence-corrected chi connectivity index (χ2v) is 15.7. The van der Waals surface area contributed by atoms with E-state index in [0.717, 1.165) is 51.9 Å². The molecule has 0 unspecified atom stereocenters. The lowest BCUT2D eigenvalue weighted by molar-refractivity contribution is 0.0134. The van der Waals surface area contributed by atoms with Gasteiger partial charge in [-0.3, -0.25) is 0 Å². The Morgan fingerprint density at radius 1 is 1.00 bits per heavy atom. The van der Waals surface area contributed by atoms with E-state index in [2.05, 4.69) is 34.1 Å². The van der Waals surface area contributed by atoms with E-state index < -0.39 is 29.4 Å². The number of carbonyl (C=O) groups is 2. The number of nitriles is 1. The van der Waals surface area contributed by atoms with E-state index in [9.17, 15) is 14.9 Å². The van der Waals surface area contributed by atoms with Crippen LogP contribution in [-0.2, 0) is 29.0 Å². The van der Waals surface area contributed by atoms with E-state index in [-0.39, 0.29) is 25.6 Å². The summed E-state index contributed by atoms with van der Waals surface area (Å²) in [6.45, 7) is 8.37. The second kappa shape index (κ2) is 15.2. The lowest BCUT2D eigenvalue weighted by Gasteiger charge is -2.42. The predicted molar refractivity (Wildman–Crippen MR) is 207 cm³/mol. The van der Waals surface area contributed by atoms with Crippen LogP contribution in [0, 0.1) is 11.3 Å². The van der Waals surface area contributed by atoms with E-state index >= 15 is 0 Å². The van der Waals surface area contributed by atoms with E-state index in [1.807, 2.05) is 69.3 Å². The summed E-state index contributed by atoms with van der Waals surface area (Å²) in [4.78, 5) is 44.0. The number of piperazine rings is 1. The normalized spacial score (nSPS) is 17.7. The van der Waals surface area contributed by atoms with Crippen LogP contribution in [0.3, 0.4) is 0 Å². The highest BCUT2D eigenvalue weighted by molar-refractivity contribution is 6.36. The Labute approximate surface area is 321 Å². The minimum absolute atomic E-state index is 0.142. The summed E-state index contributed by atoms with van der Waals surface area (Å²) >= 11 is 6.76. The smallest absolute Gasteiger partial charge is 0.410 e. The zero-order chi connectivity index (χ0) is 38.0. The third kappa shape index (κ3) is 7.97. The number of amides is 2. The first-order chi connectivity index (χ1) is 25.9. The average molecular weight is 752 g/mol. The highest BCUT2D eigenvalue weighted by Gasteiger charge is 2.51. The summed E-state index contributed by atoms with van der Waals surface area (Å²) in [7, 11) is 1.75. The number of aromatic nitrogens is 2. The van der Waals surface area contributed by atoms with Gasteiger partial charge in [0, 0.05) is 49.9 Å². The molecular weight excluding hydrogens is 706 g/mol. The summed E-state index contributed by atoms with van der Waals surface area (Å²) in [5, 5.41) is 12.5. The Bertz CT molecular complexity index is 2060. The summed E-state index contributed by atoms with van der Waals surface area (Å²) in [6, 6.07) is 23.7. The first-order valence-corrected chi connectivity index (χ1v) is 18.8. The van der Waals surface area contributed by atoms with E-state index in [4.69, 9.17) is 35.8 Å². The van der Waals surface area contributed by atoms with Gasteiger partial charge in [-0.2, -0.15) is 15.2 Å². The third-order valence-electron chi connectivity index (χ3n) is 10.4. The SMILES string of the molecule is CN(C(=O)OC(C)(C)C)C1(COc2nc3c(c(N4CCN(C(=O)OCc5ccccc5)[C@@H](CC#N)C4)n2)CCN(c2cccc4cccc(Cl)c24)C3)CC1. The number of rotatable bonds is 9. The van der Waals surface area contributed by atoms with Gasteiger partial charge in [0.05, 0.1) is 41.3 Å². The van der Waals surface area contributed by atoms with Crippen LogP contribution in [-0.4, -0.2) is 89.0 Å². The monoisotopic (exact) mass is 751 g/mol. The van der Waals surface area contributed by atoms with Crippen molar-refractivity contribution in [1.82, 2.24) is 19.8 Å². The molecule has 0 bridgehead atoms. The fraction of sp³-hybridized carbons (Fsp3) is 0.439. The maximum absolute atomic E-state index is 13.3. The number of benzene rings is 3. The van der Waals surface area contributed by atoms with Crippen molar-refractivity contribution in [2.75, 3.05) is 49.6 Å². The third-order valence-corrected chi connectivity index (χ3v) is 10.7. The maximum atomic E-state index is 13.3. The van der Waals surface area contributed by atoms with Crippen molar-refractivity contribution in [1.29, 1.82) is 5.26 Å². The highest BCUT2D eigenvalue weighted by atomic mass is 35.5. The van der Waals surface area contributed by atoms with Crippen molar-refractivity contribution in [3.8, 4) is 12.1 Å². The van der Waals surface area contributed by atoms with Gasteiger partial charge in [-0.1, -0.05) is 66.2 Å². The number of fused-ring (bicyclic) bond motifs is 2. The molecule has 0 spiro atoms. The summed E-state index contributed by atoms with van der Waals surface area (Å²) in [6.07, 6.45) is 1.51. The fourth-order valence-corrected chi connectivity index (χ4v) is 7.55. The van der Waals surface area contributed by atoms with Crippen molar-refractivity contribution in [2.24, 2.45) is 0 Å². The molecule has 1 aliphatic carbocycles. The van der Waals surface area contributed by atoms with Crippen LogP contribution in [0.5, 0.6) is 6.01 Å². The number of anilines is 2. The molecule has 282 valence electrons. The van der Waals surface area contributed by atoms with E-state index in [1.165, 1.54) is 0 Å². The van der Waals surface area contributed by atoms with Gasteiger partial charge < -0.3 is 33.8 Å². The zero-order valence-electron chi connectivity index (χ0n) is 31.3. The number of likely N-dealkylation sites (N-methyl/N-ethyl adjacent to an activating group) is 1. The van der Waals surface area contributed by atoms with Gasteiger partial charge >= 0.3 is 18.2 Å². The Morgan fingerprint density at radius 2 is 1.76 bits per heavy atom. The zero-order valence-corrected chi connectivity index (χ0v) is 32.0. The molecule has 1 saturated carbocycles. The molecule has 2 fully saturated rings. The van der Waals surface area contributed by atoms with Gasteiger partial charge in [0.2, 0.25) is 0 Å². The molecule has 13 heteroatoms. The first kappa shape index (κ1) is 37.1. The number of nitrogens with zero attached hydrogens (tertiary/aromatic N) is 7. The van der Waals surface area contributed by atoms with Crippen molar-refractivity contribution in [3.05, 3.63) is 88.6 Å². The lowest BCUT2D eigenvalue weighted by Crippen LogP contribution is -2.55. The van der Waals surface area contributed by atoms with Gasteiger partial charge in [-0.15, -0.1) is 0 Å². The number of carbonyl (C=O) groups excluding carboxylic acids is 2. The summed E-state index contributed by atoms with van der Waals surface area (Å²) < 4.78 is 17.7. The van der Waals surface area contributed by atoms with Gasteiger partial charge in [-0.25, -0.2) is 9.59 Å². The average Bonchev–Trinajstić information content (AvgIpc) is 3.96. The molecule has 12 nitrogen and oxygen atoms in total. The van der Waals surface area contributed by atoms with E-state index in [0.29, 0.717) is 44.2 Å². The summed E-state index contributed by atoms with van der Waals surface area (Å²) in [5.74, 6) is 0.733. The highest BCUT2D eigenvalue weighted by Crippen LogP contribution is 2.42. The van der Waals surface area contributed by atoms with Crippen LogP contribution < -0.4 is 14.5 Å². The van der Waals surface area contributed by atoms with Crippen molar-refractivity contribution in [2.45, 2.75) is 76.8 Å². The predicted octanol–water partition coefficient (Wildman–Crippen LogP) is 7.37. The van der Waals surface area contributed by atoms with Gasteiger partial charge in [0.25, 0.3) is 0 Å². The largest absolute Gasteiger partial charge is 0.461 e. The molecule has 7 rings (SSSR count). The number of ether oxygens (including phenoxy) is 3. The van der Waals surface area contributed by atoms with Crippen LogP contribution in [0.1, 0.15) is 56.9 Å². The molecule has 1 saturated heterocycles. The molecule has 1 aromatic heterocycles. The van der Waals surface area contributed by atoms with Crippen molar-refractivity contribution in [3.63, 3.8) is 0 Å². The molecule has 1 atom stereocenters. The van der Waals surface area contributed by atoms with Crippen LogP contribution >= 0.6 is 11.6 Å². The van der Waals surface area contributed by atoms with Crippen molar-refractivity contribution >= 4 is 46.1 Å². The molecule has 2 amide bonds. The van der Waals surface area contributed by atoms with Gasteiger partial charge in [-0.05, 0) is 63.1 Å². The van der Waals surface area contributed by atoms with Crippen molar-refractivity contribution < 1.29 is 23.8 Å². The Kier molecular flexibility index (Phi) is 10.4. The van der Waals surface area contributed by atoms with Crippen LogP contribution in [0.4, 0.5) is 21.1 Å². The van der Waals surface area contributed by atoms with Crippen LogP contribution in [0.2, 0.25) is 5.02 Å². The molecule has 54 heavy (non-hydrogen) atoms. The van der Waals surface area contributed by atoms with Gasteiger partial charge in [0.1, 0.15) is 24.6 Å². The molecule has 0 N–H and O–H groups in total. The fourth-order valence-electron chi connectivity index (χ4n) is 7.27. The molecule has 3 heterocycles. The van der Waals surface area contributed by atoms with Crippen LogP contribution in [0.15, 0.2) is 66.7 Å². The molecular formula is C41H46ClN7O5. The molecule has 4 aromatic rings. The quantitative estimate of drug-likeness (QED) is 0.171. The Hall–Kier alpha value is -5.28. The number of hydrogen-bond donors (Lipinski definition) is 0. The van der Waals surface area contributed by atoms with E-state index in [1.54, 1.807) is 16.8 Å². The van der Waals surface area contributed by atoms with Crippen LogP contribution in [0.25, 0.3) is 10.8 Å². The Morgan fingerprint density at radius 3 is 2.48 bits per heavy atom. The molecule has 3 aromatic carbocycles. The number of hydrogen-bond acceptors (Lipinski definition) is 10. The molecule has 2 aliphatic heterocycles. The first-order valence-electron chi connectivity index (χ1n) is 18.5. The topological polar surface area (TPSA) is 124 Å².